The Morgan fingerprint density at radius 1 is 1.00 bits per heavy atom. The van der Waals surface area contributed by atoms with E-state index in [2.05, 4.69) is 9.97 Å². The number of aryl methyl sites for hydroxylation is 2. The number of rotatable bonds is 6. The van der Waals surface area contributed by atoms with Gasteiger partial charge in [0.2, 0.25) is 0 Å². The summed E-state index contributed by atoms with van der Waals surface area (Å²) in [4.78, 5) is 8.50. The molecule has 1 aliphatic heterocycles. The van der Waals surface area contributed by atoms with E-state index >= 15 is 8.78 Å². The van der Waals surface area contributed by atoms with E-state index in [0.29, 0.717) is 64.9 Å². The monoisotopic (exact) mass is 581 g/mol. The van der Waals surface area contributed by atoms with E-state index < -0.39 is 23.4 Å². The first kappa shape index (κ1) is 27.9. The number of anilines is 1. The Labute approximate surface area is 238 Å². The average molecular weight is 582 g/mol. The Balaban J connectivity index is 1.60. The van der Waals surface area contributed by atoms with Gasteiger partial charge >= 0.3 is 6.18 Å². The predicted octanol–water partition coefficient (Wildman–Crippen LogP) is 6.89. The number of H-pyrrole nitrogens is 1. The van der Waals surface area contributed by atoms with Gasteiger partial charge in [-0.25, -0.2) is 18.4 Å². The molecule has 6 rings (SSSR count). The summed E-state index contributed by atoms with van der Waals surface area (Å²) in [6.07, 6.45) is -0.679. The lowest BCUT2D eigenvalue weighted by Gasteiger charge is -2.28. The van der Waals surface area contributed by atoms with Gasteiger partial charge in [0.1, 0.15) is 5.82 Å². The highest BCUT2D eigenvalue weighted by Gasteiger charge is 2.34. The zero-order valence-electron chi connectivity index (χ0n) is 23.0. The second kappa shape index (κ2) is 10.5. The number of aromatic amines is 1. The van der Waals surface area contributed by atoms with Crippen LogP contribution in [0.15, 0.2) is 48.8 Å². The lowest BCUT2D eigenvalue weighted by Crippen LogP contribution is -2.32. The fraction of sp³-hybridized carbons (Fsp3) is 0.290. The Kier molecular flexibility index (Phi) is 7.00. The number of alkyl halides is 3. The van der Waals surface area contributed by atoms with Crippen LogP contribution in [0, 0.1) is 11.6 Å². The predicted molar refractivity (Wildman–Crippen MR) is 149 cm³/mol. The molecule has 5 aromatic rings. The zero-order chi connectivity index (χ0) is 29.8. The molecule has 0 fully saturated rings. The Hall–Kier alpha value is -4.25. The second-order valence-electron chi connectivity index (χ2n) is 10.3. The molecule has 1 aliphatic rings. The Morgan fingerprint density at radius 2 is 1.74 bits per heavy atom. The number of fused-ring (bicyclic) bond motifs is 2. The van der Waals surface area contributed by atoms with Crippen LogP contribution in [0.2, 0.25) is 0 Å². The molecule has 218 valence electrons. The molecule has 4 heterocycles. The van der Waals surface area contributed by atoms with Crippen LogP contribution in [-0.2, 0) is 38.6 Å². The lowest BCUT2D eigenvalue weighted by molar-refractivity contribution is -0.138. The number of nitrogens with one attached hydrogen (secondary N) is 1. The quantitative estimate of drug-likeness (QED) is 0.214. The highest BCUT2D eigenvalue weighted by molar-refractivity contribution is 5.97. The van der Waals surface area contributed by atoms with E-state index in [9.17, 15) is 18.3 Å². The number of halogens is 5. The molecule has 11 heteroatoms. The molecule has 0 unspecified atom stereocenters. The molecule has 0 saturated heterocycles. The number of aliphatic hydroxyl groups is 1. The van der Waals surface area contributed by atoms with Crippen LogP contribution in [0.1, 0.15) is 47.4 Å². The standard InChI is InChI=1S/C31H28F5N5O/c1-3-17-6-5-7-18(4-2)28(17)41-29(26-21-8-10-37-27(21)19(16-42)12-23(26)32)22-15-40(11-9-25(22)39-41)30-24(33)13-20(14-38-30)31(34,35)36/h5-8,10,12-14,37,42H,3-4,9,11,15-16H2,1-2H3. The van der Waals surface area contributed by atoms with Gasteiger partial charge in [-0.2, -0.15) is 18.3 Å². The molecule has 0 aliphatic carbocycles. The molecule has 3 aromatic heterocycles. The van der Waals surface area contributed by atoms with Crippen LogP contribution in [0.5, 0.6) is 0 Å². The summed E-state index contributed by atoms with van der Waals surface area (Å²) in [6.45, 7) is 4.02. The summed E-state index contributed by atoms with van der Waals surface area (Å²) >= 11 is 0. The van der Waals surface area contributed by atoms with E-state index in [4.69, 9.17) is 5.10 Å². The number of aromatic nitrogens is 4. The largest absolute Gasteiger partial charge is 0.417 e. The van der Waals surface area contributed by atoms with Gasteiger partial charge in [0.25, 0.3) is 0 Å². The molecule has 0 amide bonds. The molecular formula is C31H28F5N5O. The first-order valence-corrected chi connectivity index (χ1v) is 13.7. The number of hydrogen-bond donors (Lipinski definition) is 2. The topological polar surface area (TPSA) is 70.0 Å². The number of hydrogen-bond acceptors (Lipinski definition) is 4. The average Bonchev–Trinajstić information content (AvgIpc) is 3.61. The van der Waals surface area contributed by atoms with Gasteiger partial charge in [0, 0.05) is 54.0 Å². The van der Waals surface area contributed by atoms with Gasteiger partial charge in [0.05, 0.1) is 34.8 Å². The van der Waals surface area contributed by atoms with Crippen molar-refractivity contribution in [2.24, 2.45) is 0 Å². The summed E-state index contributed by atoms with van der Waals surface area (Å²) in [5.74, 6) is -1.85. The highest BCUT2D eigenvalue weighted by Crippen LogP contribution is 2.41. The summed E-state index contributed by atoms with van der Waals surface area (Å²) in [6, 6.07) is 9.46. The summed E-state index contributed by atoms with van der Waals surface area (Å²) < 4.78 is 72.4. The molecule has 2 aromatic carbocycles. The second-order valence-corrected chi connectivity index (χ2v) is 10.3. The van der Waals surface area contributed by atoms with E-state index in [0.717, 1.165) is 16.8 Å². The number of nitrogens with zero attached hydrogens (tertiary/aromatic N) is 4. The molecule has 0 radical (unpaired) electrons. The van der Waals surface area contributed by atoms with Crippen LogP contribution in [-0.4, -0.2) is 31.4 Å². The maximum Gasteiger partial charge on any atom is 0.417 e. The number of aliphatic hydroxyl groups excluding tert-OH is 1. The molecule has 0 atom stereocenters. The van der Waals surface area contributed by atoms with E-state index in [1.54, 1.807) is 21.8 Å². The van der Waals surface area contributed by atoms with Gasteiger partial charge in [-0.1, -0.05) is 32.0 Å². The van der Waals surface area contributed by atoms with Crippen molar-refractivity contribution < 1.29 is 27.1 Å². The summed E-state index contributed by atoms with van der Waals surface area (Å²) in [5.41, 5.74) is 4.75. The number of pyridine rings is 1. The number of benzene rings is 2. The van der Waals surface area contributed by atoms with Crippen molar-refractivity contribution in [1.82, 2.24) is 19.7 Å². The third-order valence-electron chi connectivity index (χ3n) is 7.94. The van der Waals surface area contributed by atoms with Crippen LogP contribution >= 0.6 is 0 Å². The molecule has 42 heavy (non-hydrogen) atoms. The minimum absolute atomic E-state index is 0.0583. The van der Waals surface area contributed by atoms with Gasteiger partial charge in [-0.3, -0.25) is 0 Å². The van der Waals surface area contributed by atoms with E-state index in [-0.39, 0.29) is 31.1 Å². The van der Waals surface area contributed by atoms with E-state index in [1.807, 2.05) is 32.0 Å². The maximum absolute atomic E-state index is 16.1. The van der Waals surface area contributed by atoms with Gasteiger partial charge in [-0.05, 0) is 42.2 Å². The van der Waals surface area contributed by atoms with Gasteiger partial charge in [0.15, 0.2) is 11.6 Å². The Morgan fingerprint density at radius 3 is 2.38 bits per heavy atom. The normalized spacial score (nSPS) is 13.7. The van der Waals surface area contributed by atoms with Crippen molar-refractivity contribution in [3.8, 4) is 16.9 Å². The molecule has 0 spiro atoms. The smallest absolute Gasteiger partial charge is 0.392 e. The summed E-state index contributed by atoms with van der Waals surface area (Å²) in [5, 5.41) is 15.4. The third-order valence-corrected chi connectivity index (χ3v) is 7.94. The third kappa shape index (κ3) is 4.52. The lowest BCUT2D eigenvalue weighted by atomic mass is 9.95. The minimum atomic E-state index is -4.72. The molecule has 0 bridgehead atoms. The molecular weight excluding hydrogens is 553 g/mol. The highest BCUT2D eigenvalue weighted by atomic mass is 19.4. The van der Waals surface area contributed by atoms with Crippen LogP contribution < -0.4 is 4.90 Å². The minimum Gasteiger partial charge on any atom is -0.392 e. The molecule has 6 nitrogen and oxygen atoms in total. The van der Waals surface area contributed by atoms with Crippen LogP contribution in [0.4, 0.5) is 27.8 Å². The Bertz CT molecular complexity index is 1780. The van der Waals surface area contributed by atoms with Crippen molar-refractivity contribution in [2.45, 2.75) is 52.4 Å². The summed E-state index contributed by atoms with van der Waals surface area (Å²) in [7, 11) is 0. The van der Waals surface area contributed by atoms with Gasteiger partial charge < -0.3 is 15.0 Å². The molecule has 2 N–H and O–H groups in total. The van der Waals surface area contributed by atoms with Gasteiger partial charge in [-0.15, -0.1) is 0 Å². The van der Waals surface area contributed by atoms with Crippen LogP contribution in [0.25, 0.3) is 27.8 Å². The van der Waals surface area contributed by atoms with Crippen molar-refractivity contribution in [1.29, 1.82) is 0 Å². The first-order chi connectivity index (χ1) is 20.2. The zero-order valence-corrected chi connectivity index (χ0v) is 23.0. The first-order valence-electron chi connectivity index (χ1n) is 13.7. The van der Waals surface area contributed by atoms with E-state index in [1.165, 1.54) is 6.07 Å². The fourth-order valence-corrected chi connectivity index (χ4v) is 5.91. The fourth-order valence-electron chi connectivity index (χ4n) is 5.91. The van der Waals surface area contributed by atoms with Crippen LogP contribution in [0.3, 0.4) is 0 Å². The van der Waals surface area contributed by atoms with Crippen molar-refractivity contribution >= 4 is 16.7 Å². The number of para-hydroxylation sites is 1. The van der Waals surface area contributed by atoms with Crippen molar-refractivity contribution in [3.63, 3.8) is 0 Å². The van der Waals surface area contributed by atoms with Crippen molar-refractivity contribution in [2.75, 3.05) is 11.4 Å². The van der Waals surface area contributed by atoms with Crippen molar-refractivity contribution in [3.05, 3.63) is 93.9 Å². The molecule has 0 saturated carbocycles. The SMILES string of the molecule is CCc1cccc(CC)c1-n1nc2c(c1-c1c(F)cc(CO)c3[nH]ccc13)CN(c1ncc(C(F)(F)F)cc1F)CC2. The maximum atomic E-state index is 16.1.